The number of nitrogens with two attached hydrogens (primary N) is 1. The first-order chi connectivity index (χ1) is 8.36. The minimum absolute atomic E-state index is 0.0980. The summed E-state index contributed by atoms with van der Waals surface area (Å²) in [5, 5.41) is 0.323. The molecule has 2 N–H and O–H groups in total. The van der Waals surface area contributed by atoms with E-state index in [0.717, 1.165) is 11.5 Å². The lowest BCUT2D eigenvalue weighted by atomic mass is 9.96. The summed E-state index contributed by atoms with van der Waals surface area (Å²) in [4.78, 5) is 4.23. The van der Waals surface area contributed by atoms with Gasteiger partial charge in [0, 0.05) is 28.7 Å². The predicted octanol–water partition coefficient (Wildman–Crippen LogP) is 3.35. The highest BCUT2D eigenvalue weighted by Crippen LogP contribution is 2.29. The second-order valence-corrected chi connectivity index (χ2v) is 5.64. The minimum Gasteiger partial charge on any atom is -0.427 e. The van der Waals surface area contributed by atoms with E-state index < -0.39 is 5.82 Å². The Morgan fingerprint density at radius 1 is 1.33 bits per heavy atom. The summed E-state index contributed by atoms with van der Waals surface area (Å²) in [6.07, 6.45) is 0. The fourth-order valence-electron chi connectivity index (χ4n) is 1.25. The Morgan fingerprint density at radius 2 is 2.06 bits per heavy atom. The zero-order valence-corrected chi connectivity index (χ0v) is 11.2. The molecule has 2 rings (SSSR count). The van der Waals surface area contributed by atoms with Crippen LogP contribution in [0.25, 0.3) is 0 Å². The van der Waals surface area contributed by atoms with Crippen LogP contribution < -0.4 is 10.5 Å². The van der Waals surface area contributed by atoms with Gasteiger partial charge in [-0.3, -0.25) is 0 Å². The van der Waals surface area contributed by atoms with Gasteiger partial charge in [-0.15, -0.1) is 0 Å². The summed E-state index contributed by atoms with van der Waals surface area (Å²) in [5.74, 6) is 0.265. The molecule has 0 aliphatic carbocycles. The van der Waals surface area contributed by atoms with E-state index in [4.69, 9.17) is 10.5 Å². The molecule has 96 valence electrons. The van der Waals surface area contributed by atoms with Crippen LogP contribution in [0.5, 0.6) is 10.9 Å². The molecular weight excluding hydrogens is 253 g/mol. The SMILES string of the molecule is CC(C)(C)c1nsc(Oc2ccc(N)cc2F)n1. The highest BCUT2D eigenvalue weighted by Gasteiger charge is 2.20. The number of ether oxygens (including phenoxy) is 1. The third-order valence-electron chi connectivity index (χ3n) is 2.23. The molecule has 0 fully saturated rings. The van der Waals surface area contributed by atoms with Crippen molar-refractivity contribution in [2.45, 2.75) is 26.2 Å². The van der Waals surface area contributed by atoms with Crippen molar-refractivity contribution < 1.29 is 9.13 Å². The molecule has 6 heteroatoms. The third kappa shape index (κ3) is 2.76. The molecule has 0 spiro atoms. The summed E-state index contributed by atoms with van der Waals surface area (Å²) in [6.45, 7) is 6.01. The first-order valence-electron chi connectivity index (χ1n) is 5.43. The summed E-state index contributed by atoms with van der Waals surface area (Å²) in [7, 11) is 0. The van der Waals surface area contributed by atoms with Crippen molar-refractivity contribution in [1.82, 2.24) is 9.36 Å². The quantitative estimate of drug-likeness (QED) is 0.848. The Hall–Kier alpha value is -1.69. The lowest BCUT2D eigenvalue weighted by molar-refractivity contribution is 0.434. The van der Waals surface area contributed by atoms with Crippen LogP contribution in [0.1, 0.15) is 26.6 Å². The van der Waals surface area contributed by atoms with E-state index in [1.54, 1.807) is 6.07 Å². The van der Waals surface area contributed by atoms with E-state index in [1.165, 1.54) is 12.1 Å². The molecule has 0 saturated heterocycles. The Bertz CT molecular complexity index is 563. The van der Waals surface area contributed by atoms with Gasteiger partial charge in [-0.25, -0.2) is 4.39 Å². The van der Waals surface area contributed by atoms with E-state index in [2.05, 4.69) is 9.36 Å². The van der Waals surface area contributed by atoms with Crippen LogP contribution in [0.4, 0.5) is 10.1 Å². The molecule has 4 nitrogen and oxygen atoms in total. The van der Waals surface area contributed by atoms with E-state index in [0.29, 0.717) is 16.7 Å². The molecule has 0 amide bonds. The molecule has 0 aliphatic heterocycles. The van der Waals surface area contributed by atoms with Gasteiger partial charge >= 0.3 is 0 Å². The fourth-order valence-corrected chi connectivity index (χ4v) is 1.98. The van der Waals surface area contributed by atoms with Gasteiger partial charge in [-0.1, -0.05) is 20.8 Å². The molecule has 1 aromatic heterocycles. The van der Waals surface area contributed by atoms with Crippen LogP contribution in [0.3, 0.4) is 0 Å². The summed E-state index contributed by atoms with van der Waals surface area (Å²) >= 11 is 1.10. The molecule has 18 heavy (non-hydrogen) atoms. The summed E-state index contributed by atoms with van der Waals surface area (Å²) < 4.78 is 23.1. The van der Waals surface area contributed by atoms with Crippen LogP contribution in [0.15, 0.2) is 18.2 Å². The fraction of sp³-hybridized carbons (Fsp3) is 0.333. The van der Waals surface area contributed by atoms with Gasteiger partial charge in [0.15, 0.2) is 17.4 Å². The maximum atomic E-state index is 13.5. The molecule has 0 atom stereocenters. The Kier molecular flexibility index (Phi) is 3.21. The Balaban J connectivity index is 2.21. The van der Waals surface area contributed by atoms with Crippen molar-refractivity contribution in [3.8, 4) is 10.9 Å². The Morgan fingerprint density at radius 3 is 2.61 bits per heavy atom. The third-order valence-corrected chi connectivity index (χ3v) is 2.83. The maximum absolute atomic E-state index is 13.5. The van der Waals surface area contributed by atoms with Gasteiger partial charge in [0.25, 0.3) is 5.19 Å². The second kappa shape index (κ2) is 4.53. The predicted molar refractivity (Wildman–Crippen MR) is 69.5 cm³/mol. The zero-order valence-electron chi connectivity index (χ0n) is 10.4. The molecule has 0 aliphatic rings. The first-order valence-corrected chi connectivity index (χ1v) is 6.20. The van der Waals surface area contributed by atoms with Crippen LogP contribution in [0, 0.1) is 5.82 Å². The van der Waals surface area contributed by atoms with Crippen molar-refractivity contribution in [2.75, 3.05) is 5.73 Å². The number of hydrogen-bond donors (Lipinski definition) is 1. The van der Waals surface area contributed by atoms with Gasteiger partial charge in [0.1, 0.15) is 0 Å². The maximum Gasteiger partial charge on any atom is 0.298 e. The number of hydrogen-bond acceptors (Lipinski definition) is 5. The molecule has 0 bridgehead atoms. The number of nitrogen functional groups attached to an aromatic ring is 1. The minimum atomic E-state index is -0.512. The van der Waals surface area contributed by atoms with E-state index >= 15 is 0 Å². The zero-order chi connectivity index (χ0) is 13.3. The van der Waals surface area contributed by atoms with Gasteiger partial charge in [0.2, 0.25) is 0 Å². The van der Waals surface area contributed by atoms with E-state index in [9.17, 15) is 4.39 Å². The molecule has 1 heterocycles. The standard InChI is InChI=1S/C12H14FN3OS/c1-12(2,3)10-15-11(18-16-10)17-9-5-4-7(14)6-8(9)13/h4-6H,14H2,1-3H3. The summed E-state index contributed by atoms with van der Waals surface area (Å²) in [5.41, 5.74) is 5.66. The Labute approximate surface area is 109 Å². The van der Waals surface area contributed by atoms with Crippen LogP contribution in [-0.2, 0) is 5.41 Å². The summed E-state index contributed by atoms with van der Waals surface area (Å²) in [6, 6.07) is 4.26. The topological polar surface area (TPSA) is 61.0 Å². The monoisotopic (exact) mass is 267 g/mol. The average Bonchev–Trinajstić information content (AvgIpc) is 2.70. The smallest absolute Gasteiger partial charge is 0.298 e. The number of nitrogens with zero attached hydrogens (tertiary/aromatic N) is 2. The molecule has 0 unspecified atom stereocenters. The van der Waals surface area contributed by atoms with Gasteiger partial charge in [-0.2, -0.15) is 9.36 Å². The molecule has 0 saturated carbocycles. The van der Waals surface area contributed by atoms with Crippen molar-refractivity contribution in [3.05, 3.63) is 29.8 Å². The first kappa shape index (κ1) is 12.8. The van der Waals surface area contributed by atoms with Crippen LogP contribution >= 0.6 is 11.5 Å². The highest BCUT2D eigenvalue weighted by molar-refractivity contribution is 7.07. The van der Waals surface area contributed by atoms with Crippen LogP contribution in [0.2, 0.25) is 0 Å². The molecule has 2 aromatic rings. The van der Waals surface area contributed by atoms with E-state index in [1.807, 2.05) is 20.8 Å². The molecule has 1 aromatic carbocycles. The number of rotatable bonds is 2. The lowest BCUT2D eigenvalue weighted by Crippen LogP contribution is -2.12. The normalized spacial score (nSPS) is 11.6. The van der Waals surface area contributed by atoms with Crippen molar-refractivity contribution in [1.29, 1.82) is 0 Å². The van der Waals surface area contributed by atoms with Crippen LogP contribution in [-0.4, -0.2) is 9.36 Å². The van der Waals surface area contributed by atoms with Gasteiger partial charge < -0.3 is 10.5 Å². The van der Waals surface area contributed by atoms with Crippen molar-refractivity contribution in [3.63, 3.8) is 0 Å². The van der Waals surface area contributed by atoms with Gasteiger partial charge in [-0.05, 0) is 12.1 Å². The second-order valence-electron chi connectivity index (χ2n) is 4.93. The number of aromatic nitrogens is 2. The van der Waals surface area contributed by atoms with Crippen molar-refractivity contribution >= 4 is 17.2 Å². The highest BCUT2D eigenvalue weighted by atomic mass is 32.1. The van der Waals surface area contributed by atoms with E-state index in [-0.39, 0.29) is 11.2 Å². The lowest BCUT2D eigenvalue weighted by Gasteiger charge is -2.12. The number of anilines is 1. The largest absolute Gasteiger partial charge is 0.427 e. The number of halogens is 1. The number of benzene rings is 1. The molecule has 0 radical (unpaired) electrons. The average molecular weight is 267 g/mol. The molecular formula is C12H14FN3OS. The van der Waals surface area contributed by atoms with Gasteiger partial charge in [0.05, 0.1) is 0 Å². The van der Waals surface area contributed by atoms with Crippen molar-refractivity contribution in [2.24, 2.45) is 0 Å².